The van der Waals surface area contributed by atoms with E-state index >= 15 is 0 Å². The summed E-state index contributed by atoms with van der Waals surface area (Å²) in [5.74, 6) is -0.238. The largest absolute Gasteiger partial charge is 0.481 e. The van der Waals surface area contributed by atoms with Crippen LogP contribution >= 0.6 is 0 Å². The summed E-state index contributed by atoms with van der Waals surface area (Å²) in [6, 6.07) is 0.319. The van der Waals surface area contributed by atoms with Crippen molar-refractivity contribution in [2.75, 3.05) is 19.6 Å². The highest BCUT2D eigenvalue weighted by molar-refractivity contribution is 5.78. The van der Waals surface area contributed by atoms with Crippen LogP contribution in [0.5, 0.6) is 0 Å². The Hall–Kier alpha value is -1.10. The second-order valence-electron chi connectivity index (χ2n) is 4.69. The Bertz CT molecular complexity index is 285. The number of nitrogens with zero attached hydrogens (tertiary/aromatic N) is 1. The summed E-state index contributed by atoms with van der Waals surface area (Å²) in [5, 5.41) is 11.8. The number of nitrogens with one attached hydrogen (secondary N) is 1. The summed E-state index contributed by atoms with van der Waals surface area (Å²) in [6.45, 7) is 2.21. The van der Waals surface area contributed by atoms with Crippen molar-refractivity contribution in [2.45, 2.75) is 31.7 Å². The van der Waals surface area contributed by atoms with Crippen molar-refractivity contribution < 1.29 is 14.7 Å². The molecule has 2 aliphatic rings. The van der Waals surface area contributed by atoms with Crippen molar-refractivity contribution in [3.63, 3.8) is 0 Å². The number of hydrogen-bond acceptors (Lipinski definition) is 3. The minimum Gasteiger partial charge on any atom is -0.481 e. The summed E-state index contributed by atoms with van der Waals surface area (Å²) in [6.07, 6.45) is 2.71. The number of carboxylic acid groups (broad SMARTS) is 1. The molecule has 16 heavy (non-hydrogen) atoms. The fourth-order valence-corrected chi connectivity index (χ4v) is 1.97. The van der Waals surface area contributed by atoms with Crippen LogP contribution in [0.25, 0.3) is 0 Å². The number of carbonyl (C=O) groups excluding carboxylic acids is 1. The highest BCUT2D eigenvalue weighted by Gasteiger charge is 2.34. The van der Waals surface area contributed by atoms with Gasteiger partial charge in [0, 0.05) is 19.0 Å². The molecule has 90 valence electrons. The predicted molar refractivity (Wildman–Crippen MR) is 58.0 cm³/mol. The van der Waals surface area contributed by atoms with E-state index in [9.17, 15) is 9.59 Å². The van der Waals surface area contributed by atoms with E-state index in [4.69, 9.17) is 5.11 Å². The van der Waals surface area contributed by atoms with E-state index < -0.39 is 5.97 Å². The minimum absolute atomic E-state index is 0.0607. The average Bonchev–Trinajstić information content (AvgIpc) is 2.95. The zero-order chi connectivity index (χ0) is 11.5. The van der Waals surface area contributed by atoms with Crippen LogP contribution in [-0.4, -0.2) is 47.6 Å². The van der Waals surface area contributed by atoms with Gasteiger partial charge in [0.1, 0.15) is 0 Å². The zero-order valence-corrected chi connectivity index (χ0v) is 9.32. The van der Waals surface area contributed by atoms with Gasteiger partial charge >= 0.3 is 5.97 Å². The molecule has 2 rings (SSSR count). The average molecular weight is 226 g/mol. The van der Waals surface area contributed by atoms with Gasteiger partial charge in [0.25, 0.3) is 0 Å². The number of hydrogen-bond donors (Lipinski definition) is 2. The van der Waals surface area contributed by atoms with Crippen molar-refractivity contribution in [3.05, 3.63) is 0 Å². The quantitative estimate of drug-likeness (QED) is 0.672. The third-order valence-corrected chi connectivity index (χ3v) is 3.20. The first-order valence-corrected chi connectivity index (χ1v) is 5.89. The molecule has 0 spiro atoms. The van der Waals surface area contributed by atoms with E-state index in [0.717, 1.165) is 25.9 Å². The molecule has 1 saturated heterocycles. The van der Waals surface area contributed by atoms with Gasteiger partial charge in [0.05, 0.1) is 6.42 Å². The molecule has 0 aromatic carbocycles. The van der Waals surface area contributed by atoms with Crippen molar-refractivity contribution in [1.82, 2.24) is 10.2 Å². The van der Waals surface area contributed by atoms with Crippen LogP contribution < -0.4 is 5.32 Å². The molecule has 2 N–H and O–H groups in total. The van der Waals surface area contributed by atoms with Crippen LogP contribution in [0, 0.1) is 5.92 Å². The molecule has 0 unspecified atom stereocenters. The molecule has 5 nitrogen and oxygen atoms in total. The normalized spacial score (nSPS) is 20.2. The lowest BCUT2D eigenvalue weighted by Crippen LogP contribution is -2.46. The van der Waals surface area contributed by atoms with Gasteiger partial charge in [-0.05, 0) is 31.8 Å². The number of carboxylic acids is 1. The molecule has 1 amide bonds. The van der Waals surface area contributed by atoms with Crippen molar-refractivity contribution >= 4 is 11.9 Å². The molecular weight excluding hydrogens is 208 g/mol. The van der Waals surface area contributed by atoms with Gasteiger partial charge in [-0.3, -0.25) is 9.59 Å². The fourth-order valence-electron chi connectivity index (χ4n) is 1.97. The summed E-state index contributed by atoms with van der Waals surface area (Å²) >= 11 is 0. The van der Waals surface area contributed by atoms with Gasteiger partial charge in [-0.2, -0.15) is 0 Å². The molecule has 0 aromatic rings. The topological polar surface area (TPSA) is 69.6 Å². The number of amides is 1. The van der Waals surface area contributed by atoms with Gasteiger partial charge in [-0.25, -0.2) is 0 Å². The van der Waals surface area contributed by atoms with E-state index in [-0.39, 0.29) is 12.3 Å². The maximum atomic E-state index is 11.9. The van der Waals surface area contributed by atoms with Crippen LogP contribution in [0.1, 0.15) is 25.7 Å². The first-order valence-electron chi connectivity index (χ1n) is 5.89. The van der Waals surface area contributed by atoms with E-state index in [1.54, 1.807) is 4.90 Å². The molecule has 0 bridgehead atoms. The van der Waals surface area contributed by atoms with Crippen LogP contribution in [0.4, 0.5) is 0 Å². The number of aliphatic carboxylic acids is 1. The highest BCUT2D eigenvalue weighted by atomic mass is 16.4. The summed E-state index contributed by atoms with van der Waals surface area (Å²) in [7, 11) is 0. The summed E-state index contributed by atoms with van der Waals surface area (Å²) in [5.41, 5.74) is 0. The van der Waals surface area contributed by atoms with E-state index in [1.807, 2.05) is 0 Å². The van der Waals surface area contributed by atoms with E-state index in [2.05, 4.69) is 5.32 Å². The Morgan fingerprint density at radius 1 is 1.31 bits per heavy atom. The molecule has 2 fully saturated rings. The zero-order valence-electron chi connectivity index (χ0n) is 9.32. The number of rotatable bonds is 6. The molecule has 0 aromatic heterocycles. The Morgan fingerprint density at radius 3 is 2.44 bits per heavy atom. The highest BCUT2D eigenvalue weighted by Crippen LogP contribution is 2.28. The van der Waals surface area contributed by atoms with Crippen LogP contribution in [0.3, 0.4) is 0 Å². The number of carbonyl (C=O) groups is 2. The first-order chi connectivity index (χ1) is 7.66. The van der Waals surface area contributed by atoms with Gasteiger partial charge in [0.2, 0.25) is 5.91 Å². The molecule has 0 radical (unpaired) electrons. The van der Waals surface area contributed by atoms with Crippen LogP contribution in [0.2, 0.25) is 0 Å². The van der Waals surface area contributed by atoms with Crippen molar-refractivity contribution in [2.24, 2.45) is 5.92 Å². The third kappa shape index (κ3) is 2.95. The van der Waals surface area contributed by atoms with Gasteiger partial charge in [-0.15, -0.1) is 0 Å². The molecule has 0 atom stereocenters. The predicted octanol–water partition coefficient (Wildman–Crippen LogP) is 0.0616. The maximum Gasteiger partial charge on any atom is 0.305 e. The molecular formula is C11H18N2O3. The lowest BCUT2D eigenvalue weighted by atomic mass is 9.98. The molecule has 1 aliphatic carbocycles. The Balaban J connectivity index is 1.80. The molecule has 5 heteroatoms. The van der Waals surface area contributed by atoms with Crippen molar-refractivity contribution in [1.29, 1.82) is 0 Å². The Morgan fingerprint density at radius 2 is 2.00 bits per heavy atom. The van der Waals surface area contributed by atoms with E-state index in [0.29, 0.717) is 24.9 Å². The lowest BCUT2D eigenvalue weighted by molar-refractivity contribution is -0.139. The Labute approximate surface area is 94.8 Å². The van der Waals surface area contributed by atoms with Gasteiger partial charge in [-0.1, -0.05) is 0 Å². The van der Waals surface area contributed by atoms with Crippen molar-refractivity contribution in [3.8, 4) is 0 Å². The summed E-state index contributed by atoms with van der Waals surface area (Å²) in [4.78, 5) is 24.2. The van der Waals surface area contributed by atoms with Gasteiger partial charge < -0.3 is 15.3 Å². The van der Waals surface area contributed by atoms with E-state index in [1.165, 1.54) is 0 Å². The molecule has 1 heterocycles. The molecule has 1 aliphatic heterocycles. The summed E-state index contributed by atoms with van der Waals surface area (Å²) < 4.78 is 0. The molecule has 1 saturated carbocycles. The fraction of sp³-hybridized carbons (Fsp3) is 0.818. The van der Waals surface area contributed by atoms with Crippen LogP contribution in [0.15, 0.2) is 0 Å². The smallest absolute Gasteiger partial charge is 0.305 e. The van der Waals surface area contributed by atoms with Crippen LogP contribution in [-0.2, 0) is 9.59 Å². The second kappa shape index (κ2) is 4.82. The maximum absolute atomic E-state index is 11.9. The second-order valence-corrected chi connectivity index (χ2v) is 4.69. The SMILES string of the molecule is O=C(O)CCN(C(=O)CC1CNC1)C1CC1. The third-order valence-electron chi connectivity index (χ3n) is 3.20. The Kier molecular flexibility index (Phi) is 3.43. The minimum atomic E-state index is -0.830. The monoisotopic (exact) mass is 226 g/mol. The first kappa shape index (κ1) is 11.4. The van der Waals surface area contributed by atoms with Gasteiger partial charge in [0.15, 0.2) is 0 Å². The standard InChI is InChI=1S/C11H18N2O3/c14-10(5-8-6-12-7-8)13(9-1-2-9)4-3-11(15)16/h8-9,12H,1-7H2,(H,15,16). The lowest BCUT2D eigenvalue weighted by Gasteiger charge is -2.29.